The third-order valence-corrected chi connectivity index (χ3v) is 3.26. The van der Waals surface area contributed by atoms with Crippen molar-refractivity contribution in [2.24, 2.45) is 5.41 Å². The number of aromatic nitrogens is 1. The number of hydrogen-bond acceptors (Lipinski definition) is 3. The molecule has 0 aliphatic rings. The number of aliphatic hydroxyl groups is 1. The van der Waals surface area contributed by atoms with Gasteiger partial charge in [0.05, 0.1) is 12.2 Å². The van der Waals surface area contributed by atoms with Crippen molar-refractivity contribution in [1.82, 2.24) is 4.98 Å². The van der Waals surface area contributed by atoms with Crippen molar-refractivity contribution in [2.45, 2.75) is 59.7 Å². The van der Waals surface area contributed by atoms with E-state index in [-0.39, 0.29) is 11.5 Å². The molecule has 0 saturated carbocycles. The molecule has 0 radical (unpaired) electrons. The van der Waals surface area contributed by atoms with Gasteiger partial charge in [0.1, 0.15) is 0 Å². The zero-order chi connectivity index (χ0) is 14.5. The molecular weight excluding hydrogens is 238 g/mol. The van der Waals surface area contributed by atoms with Crippen molar-refractivity contribution < 1.29 is 9.84 Å². The number of pyridine rings is 1. The molecule has 19 heavy (non-hydrogen) atoms. The first kappa shape index (κ1) is 16.1. The number of nitrogens with zero attached hydrogens (tertiary/aromatic N) is 1. The van der Waals surface area contributed by atoms with Gasteiger partial charge in [0.25, 0.3) is 0 Å². The van der Waals surface area contributed by atoms with Gasteiger partial charge in [-0.15, -0.1) is 0 Å². The molecule has 0 bridgehead atoms. The van der Waals surface area contributed by atoms with Crippen LogP contribution in [0.4, 0.5) is 0 Å². The Balaban J connectivity index is 2.72. The lowest BCUT2D eigenvalue weighted by atomic mass is 9.84. The predicted molar refractivity (Wildman–Crippen MR) is 78.2 cm³/mol. The van der Waals surface area contributed by atoms with Crippen LogP contribution in [-0.4, -0.2) is 28.9 Å². The first-order valence-corrected chi connectivity index (χ1v) is 7.12. The highest BCUT2D eigenvalue weighted by atomic mass is 16.5. The maximum absolute atomic E-state index is 10.4. The van der Waals surface area contributed by atoms with E-state index in [1.165, 1.54) is 5.56 Å². The molecule has 2 atom stereocenters. The molecular formula is C16H27NO2. The maximum Gasteiger partial charge on any atom is 0.0885 e. The highest BCUT2D eigenvalue weighted by molar-refractivity contribution is 5.14. The monoisotopic (exact) mass is 265 g/mol. The Morgan fingerprint density at radius 3 is 2.37 bits per heavy atom. The lowest BCUT2D eigenvalue weighted by Crippen LogP contribution is -2.41. The summed E-state index contributed by atoms with van der Waals surface area (Å²) in [7, 11) is 0. The Morgan fingerprint density at radius 2 is 1.95 bits per heavy atom. The number of aliphatic hydroxyl groups excluding tert-OH is 1. The summed E-state index contributed by atoms with van der Waals surface area (Å²) < 4.78 is 5.71. The molecule has 0 aromatic carbocycles. The van der Waals surface area contributed by atoms with Gasteiger partial charge in [-0.25, -0.2) is 0 Å². The molecule has 0 spiro atoms. The van der Waals surface area contributed by atoms with Crippen LogP contribution < -0.4 is 0 Å². The summed E-state index contributed by atoms with van der Waals surface area (Å²) in [6.45, 7) is 10.9. The predicted octanol–water partition coefficient (Wildman–Crippen LogP) is 3.00. The van der Waals surface area contributed by atoms with Gasteiger partial charge in [-0.3, -0.25) is 4.98 Å². The molecule has 0 fully saturated rings. The summed E-state index contributed by atoms with van der Waals surface area (Å²) in [6, 6.07) is 4.07. The van der Waals surface area contributed by atoms with E-state index >= 15 is 0 Å². The van der Waals surface area contributed by atoms with E-state index in [2.05, 4.69) is 38.7 Å². The first-order chi connectivity index (χ1) is 8.88. The van der Waals surface area contributed by atoms with E-state index in [0.29, 0.717) is 13.0 Å². The van der Waals surface area contributed by atoms with E-state index in [1.54, 1.807) is 0 Å². The van der Waals surface area contributed by atoms with Crippen molar-refractivity contribution >= 4 is 0 Å². The molecule has 1 aromatic rings. The van der Waals surface area contributed by atoms with E-state index in [4.69, 9.17) is 4.74 Å². The largest absolute Gasteiger partial charge is 0.390 e. The van der Waals surface area contributed by atoms with Crippen molar-refractivity contribution in [1.29, 1.82) is 0 Å². The maximum atomic E-state index is 10.4. The molecule has 0 aliphatic carbocycles. The number of rotatable bonds is 6. The topological polar surface area (TPSA) is 42.4 Å². The smallest absolute Gasteiger partial charge is 0.0885 e. The minimum atomic E-state index is -0.528. The first-order valence-electron chi connectivity index (χ1n) is 7.12. The zero-order valence-electron chi connectivity index (χ0n) is 12.8. The third kappa shape index (κ3) is 4.92. The van der Waals surface area contributed by atoms with Gasteiger partial charge in [-0.05, 0) is 30.4 Å². The Kier molecular flexibility index (Phi) is 5.95. The molecule has 1 heterocycles. The molecule has 0 amide bonds. The fourth-order valence-electron chi connectivity index (χ4n) is 2.22. The van der Waals surface area contributed by atoms with Gasteiger partial charge in [0, 0.05) is 24.9 Å². The third-order valence-electron chi connectivity index (χ3n) is 3.26. The Hall–Kier alpha value is -0.930. The van der Waals surface area contributed by atoms with E-state index in [1.807, 2.05) is 19.2 Å². The van der Waals surface area contributed by atoms with Crippen LogP contribution in [0.5, 0.6) is 0 Å². The Morgan fingerprint density at radius 1 is 1.26 bits per heavy atom. The van der Waals surface area contributed by atoms with Crippen LogP contribution in [0.15, 0.2) is 18.3 Å². The van der Waals surface area contributed by atoms with Gasteiger partial charge in [0.15, 0.2) is 0 Å². The summed E-state index contributed by atoms with van der Waals surface area (Å²) in [4.78, 5) is 4.40. The highest BCUT2D eigenvalue weighted by Gasteiger charge is 2.32. The molecule has 3 heteroatoms. The molecule has 1 N–H and O–H groups in total. The van der Waals surface area contributed by atoms with Crippen molar-refractivity contribution in [3.63, 3.8) is 0 Å². The second-order valence-electron chi connectivity index (χ2n) is 6.02. The van der Waals surface area contributed by atoms with Crippen molar-refractivity contribution in [2.75, 3.05) is 6.61 Å². The normalized spacial score (nSPS) is 15.3. The highest BCUT2D eigenvalue weighted by Crippen LogP contribution is 2.26. The number of aryl methyl sites for hydroxylation is 1. The summed E-state index contributed by atoms with van der Waals surface area (Å²) in [5.41, 5.74) is 2.05. The van der Waals surface area contributed by atoms with Crippen LogP contribution in [0, 0.1) is 5.41 Å². The lowest BCUT2D eigenvalue weighted by molar-refractivity contribution is -0.0876. The van der Waals surface area contributed by atoms with Crippen LogP contribution in [0.25, 0.3) is 0 Å². The van der Waals surface area contributed by atoms with Crippen LogP contribution in [0.1, 0.15) is 45.9 Å². The van der Waals surface area contributed by atoms with Gasteiger partial charge in [-0.1, -0.05) is 33.8 Å². The fourth-order valence-corrected chi connectivity index (χ4v) is 2.22. The van der Waals surface area contributed by atoms with E-state index < -0.39 is 6.10 Å². The molecule has 108 valence electrons. The standard InChI is InChI=1S/C16H27NO2/c1-6-12-8-9-13(17-11-12)10-14(18)15(19-7-2)16(3,4)5/h8-9,11,14-15,18H,6-7,10H2,1-5H3. The van der Waals surface area contributed by atoms with E-state index in [0.717, 1.165) is 12.1 Å². The average Bonchev–Trinajstić information content (AvgIpc) is 2.35. The van der Waals surface area contributed by atoms with Crippen molar-refractivity contribution in [3.05, 3.63) is 29.6 Å². The van der Waals surface area contributed by atoms with Crippen LogP contribution in [0.3, 0.4) is 0 Å². The summed E-state index contributed by atoms with van der Waals surface area (Å²) >= 11 is 0. The molecule has 2 unspecified atom stereocenters. The number of ether oxygens (including phenoxy) is 1. The number of hydrogen-bond donors (Lipinski definition) is 1. The minimum Gasteiger partial charge on any atom is -0.390 e. The SMILES string of the molecule is CCOC(C(O)Cc1ccc(CC)cn1)C(C)(C)C. The molecule has 3 nitrogen and oxygen atoms in total. The van der Waals surface area contributed by atoms with Crippen LogP contribution >= 0.6 is 0 Å². The molecule has 1 aromatic heterocycles. The van der Waals surface area contributed by atoms with Crippen molar-refractivity contribution in [3.8, 4) is 0 Å². The van der Waals surface area contributed by atoms with Crippen LogP contribution in [0.2, 0.25) is 0 Å². The van der Waals surface area contributed by atoms with Gasteiger partial charge >= 0.3 is 0 Å². The quantitative estimate of drug-likeness (QED) is 0.859. The van der Waals surface area contributed by atoms with Gasteiger partial charge in [0.2, 0.25) is 0 Å². The van der Waals surface area contributed by atoms with E-state index in [9.17, 15) is 5.11 Å². The molecule has 0 saturated heterocycles. The average molecular weight is 265 g/mol. The molecule has 0 aliphatic heterocycles. The zero-order valence-corrected chi connectivity index (χ0v) is 12.8. The van der Waals surface area contributed by atoms with Gasteiger partial charge in [-0.2, -0.15) is 0 Å². The Labute approximate surface area is 117 Å². The fraction of sp³-hybridized carbons (Fsp3) is 0.688. The summed E-state index contributed by atoms with van der Waals surface area (Å²) in [5.74, 6) is 0. The summed E-state index contributed by atoms with van der Waals surface area (Å²) in [6.07, 6.45) is 2.70. The second-order valence-corrected chi connectivity index (χ2v) is 6.02. The van der Waals surface area contributed by atoms with Crippen LogP contribution in [-0.2, 0) is 17.6 Å². The lowest BCUT2D eigenvalue weighted by Gasteiger charge is -2.34. The minimum absolute atomic E-state index is 0.0845. The second kappa shape index (κ2) is 7.01. The van der Waals surface area contributed by atoms with Gasteiger partial charge < -0.3 is 9.84 Å². The Bertz CT molecular complexity index is 367. The molecule has 1 rings (SSSR count). The summed E-state index contributed by atoms with van der Waals surface area (Å²) in [5, 5.41) is 10.4.